The maximum Gasteiger partial charge on any atom is 0.296 e. The fourth-order valence-corrected chi connectivity index (χ4v) is 5.65. The van der Waals surface area contributed by atoms with Crippen LogP contribution >= 0.6 is 11.3 Å². The Balaban J connectivity index is 1.61. The van der Waals surface area contributed by atoms with Crippen LogP contribution in [-0.2, 0) is 4.79 Å². The first-order chi connectivity index (χ1) is 19.8. The summed E-state index contributed by atoms with van der Waals surface area (Å²) < 4.78 is 23.7. The van der Waals surface area contributed by atoms with Crippen LogP contribution in [0.25, 0.3) is 10.2 Å². The number of hydrogen-bond donors (Lipinski definition) is 1. The van der Waals surface area contributed by atoms with E-state index >= 15 is 0 Å². The number of carbonyl (C=O) groups is 2. The average Bonchev–Trinajstić information content (AvgIpc) is 3.68. The SMILES string of the molecule is CCOc1ccc2nc(N3C(=O)C(O)=C(C(=O)c4ccco4)C3c3ccc(OCCC(C)C)c(OCC)c3)sc2c1. The number of ether oxygens (including phenoxy) is 3. The lowest BCUT2D eigenvalue weighted by molar-refractivity contribution is -0.117. The highest BCUT2D eigenvalue weighted by Gasteiger charge is 2.46. The molecule has 5 rings (SSSR count). The number of Topliss-reactive ketones (excluding diaryl/α,β-unsaturated/α-hetero) is 1. The van der Waals surface area contributed by atoms with Crippen molar-refractivity contribution in [1.82, 2.24) is 4.98 Å². The number of carbonyl (C=O) groups excluding carboxylic acids is 2. The van der Waals surface area contributed by atoms with Gasteiger partial charge >= 0.3 is 0 Å². The van der Waals surface area contributed by atoms with Gasteiger partial charge in [0.15, 0.2) is 28.1 Å². The summed E-state index contributed by atoms with van der Waals surface area (Å²) in [6.07, 6.45) is 2.24. The number of nitrogens with zero attached hydrogens (tertiary/aromatic N) is 2. The third-order valence-corrected chi connectivity index (χ3v) is 7.62. The van der Waals surface area contributed by atoms with Gasteiger partial charge in [-0.2, -0.15) is 0 Å². The molecule has 1 N–H and O–H groups in total. The first-order valence-corrected chi connectivity index (χ1v) is 14.4. The second-order valence-electron chi connectivity index (χ2n) is 9.88. The summed E-state index contributed by atoms with van der Waals surface area (Å²) in [7, 11) is 0. The molecule has 1 amide bonds. The van der Waals surface area contributed by atoms with Crippen LogP contribution in [0.5, 0.6) is 17.2 Å². The smallest absolute Gasteiger partial charge is 0.296 e. The van der Waals surface area contributed by atoms with E-state index in [1.165, 1.54) is 28.6 Å². The minimum atomic E-state index is -0.990. The number of fused-ring (bicyclic) bond motifs is 1. The zero-order valence-electron chi connectivity index (χ0n) is 23.4. The van der Waals surface area contributed by atoms with Gasteiger partial charge < -0.3 is 23.7 Å². The van der Waals surface area contributed by atoms with Gasteiger partial charge in [-0.25, -0.2) is 4.98 Å². The van der Waals surface area contributed by atoms with Crippen LogP contribution in [0.3, 0.4) is 0 Å². The number of anilines is 1. The molecular formula is C31H32N2O7S. The van der Waals surface area contributed by atoms with Crippen LogP contribution in [0.1, 0.15) is 56.3 Å². The molecular weight excluding hydrogens is 544 g/mol. The van der Waals surface area contributed by atoms with Crippen molar-refractivity contribution >= 4 is 38.4 Å². The molecule has 1 aliphatic rings. The summed E-state index contributed by atoms with van der Waals surface area (Å²) in [6.45, 7) is 9.43. The number of hydrogen-bond acceptors (Lipinski definition) is 9. The van der Waals surface area contributed by atoms with Gasteiger partial charge in [0.2, 0.25) is 5.78 Å². The number of benzene rings is 2. The Morgan fingerprint density at radius 1 is 1.07 bits per heavy atom. The largest absolute Gasteiger partial charge is 0.503 e. The Kier molecular flexibility index (Phi) is 8.30. The van der Waals surface area contributed by atoms with E-state index in [0.717, 1.165) is 11.1 Å². The van der Waals surface area contributed by atoms with Crippen molar-refractivity contribution in [2.75, 3.05) is 24.7 Å². The first kappa shape index (κ1) is 28.2. The standard InChI is InChI=1S/C31H32N2O7S/c1-5-37-20-10-11-21-25(17-20)41-31(32-21)33-27(26(29(35)30(33)36)28(34)23-8-7-14-39-23)19-9-12-22(24(16-19)38-6-2)40-15-13-18(3)4/h7-12,14,16-18,27,35H,5-6,13,15H2,1-4H3. The third kappa shape index (κ3) is 5.65. The second kappa shape index (κ2) is 12.1. The summed E-state index contributed by atoms with van der Waals surface area (Å²) in [5.74, 6) is 0.225. The maximum atomic E-state index is 13.6. The molecule has 0 saturated heterocycles. The Hall–Kier alpha value is -4.31. The van der Waals surface area contributed by atoms with E-state index in [1.807, 2.05) is 32.0 Å². The maximum absolute atomic E-state index is 13.6. The van der Waals surface area contributed by atoms with E-state index in [9.17, 15) is 14.7 Å². The molecule has 0 saturated carbocycles. The van der Waals surface area contributed by atoms with Crippen LogP contribution in [0.4, 0.5) is 5.13 Å². The zero-order valence-corrected chi connectivity index (χ0v) is 24.2. The number of furan rings is 1. The number of rotatable bonds is 12. The Morgan fingerprint density at radius 2 is 1.88 bits per heavy atom. The van der Waals surface area contributed by atoms with Crippen LogP contribution < -0.4 is 19.1 Å². The summed E-state index contributed by atoms with van der Waals surface area (Å²) in [4.78, 5) is 33.3. The van der Waals surface area contributed by atoms with Crippen molar-refractivity contribution in [2.24, 2.45) is 5.92 Å². The minimum absolute atomic E-state index is 0.00975. The van der Waals surface area contributed by atoms with E-state index in [-0.39, 0.29) is 11.3 Å². The van der Waals surface area contributed by atoms with Crippen molar-refractivity contribution in [3.63, 3.8) is 0 Å². The van der Waals surface area contributed by atoms with Gasteiger partial charge in [-0.3, -0.25) is 14.5 Å². The third-order valence-electron chi connectivity index (χ3n) is 6.60. The van der Waals surface area contributed by atoms with Crippen LogP contribution in [0.2, 0.25) is 0 Å². The van der Waals surface area contributed by atoms with Crippen LogP contribution in [-0.4, -0.2) is 41.6 Å². The number of aliphatic hydroxyl groups excluding tert-OH is 1. The highest BCUT2D eigenvalue weighted by molar-refractivity contribution is 7.22. The van der Waals surface area contributed by atoms with Crippen molar-refractivity contribution in [3.05, 3.63) is 77.5 Å². The second-order valence-corrected chi connectivity index (χ2v) is 10.9. The van der Waals surface area contributed by atoms with E-state index in [2.05, 4.69) is 18.8 Å². The molecule has 0 fully saturated rings. The van der Waals surface area contributed by atoms with Gasteiger partial charge in [0.25, 0.3) is 5.91 Å². The predicted octanol–water partition coefficient (Wildman–Crippen LogP) is 6.89. The molecule has 0 aliphatic carbocycles. The first-order valence-electron chi connectivity index (χ1n) is 13.6. The number of ketones is 1. The van der Waals surface area contributed by atoms with Gasteiger partial charge in [-0.15, -0.1) is 0 Å². The molecule has 41 heavy (non-hydrogen) atoms. The van der Waals surface area contributed by atoms with E-state index in [4.69, 9.17) is 18.6 Å². The van der Waals surface area contributed by atoms with E-state index in [1.54, 1.807) is 24.3 Å². The highest BCUT2D eigenvalue weighted by Crippen LogP contribution is 2.46. The number of amides is 1. The van der Waals surface area contributed by atoms with Crippen molar-refractivity contribution < 1.29 is 33.3 Å². The zero-order chi connectivity index (χ0) is 29.1. The fourth-order valence-electron chi connectivity index (χ4n) is 4.63. The molecule has 10 heteroatoms. The van der Waals surface area contributed by atoms with Crippen molar-refractivity contribution in [1.29, 1.82) is 0 Å². The molecule has 1 atom stereocenters. The number of thiazole rings is 1. The lowest BCUT2D eigenvalue weighted by Gasteiger charge is -2.25. The average molecular weight is 577 g/mol. The molecule has 0 radical (unpaired) electrons. The molecule has 1 aliphatic heterocycles. The van der Waals surface area contributed by atoms with Gasteiger partial charge in [0.1, 0.15) is 5.75 Å². The lowest BCUT2D eigenvalue weighted by atomic mass is 9.95. The molecule has 3 heterocycles. The topological polar surface area (TPSA) is 111 Å². The molecule has 9 nitrogen and oxygen atoms in total. The summed E-state index contributed by atoms with van der Waals surface area (Å²) in [5, 5.41) is 11.4. The normalized spacial score (nSPS) is 15.3. The Bertz CT molecular complexity index is 1590. The van der Waals surface area contributed by atoms with Gasteiger partial charge in [-0.1, -0.05) is 31.3 Å². The van der Waals surface area contributed by atoms with Gasteiger partial charge in [0, 0.05) is 0 Å². The Labute approximate surface area is 242 Å². The molecule has 2 aromatic heterocycles. The Morgan fingerprint density at radius 3 is 2.59 bits per heavy atom. The van der Waals surface area contributed by atoms with Crippen LogP contribution in [0.15, 0.2) is 70.5 Å². The van der Waals surface area contributed by atoms with E-state index < -0.39 is 23.5 Å². The molecule has 2 aromatic carbocycles. The monoisotopic (exact) mass is 576 g/mol. The predicted molar refractivity (Wildman–Crippen MR) is 156 cm³/mol. The molecule has 4 aromatic rings. The number of aliphatic hydroxyl groups is 1. The molecule has 0 bridgehead atoms. The minimum Gasteiger partial charge on any atom is -0.503 e. The number of aromatic nitrogens is 1. The summed E-state index contributed by atoms with van der Waals surface area (Å²) >= 11 is 1.27. The quantitative estimate of drug-likeness (QED) is 0.181. The lowest BCUT2D eigenvalue weighted by Crippen LogP contribution is -2.31. The summed E-state index contributed by atoms with van der Waals surface area (Å²) in [6, 6.07) is 12.8. The fraction of sp³-hybridized carbons (Fsp3) is 0.323. The van der Waals surface area contributed by atoms with Gasteiger partial charge in [0.05, 0.1) is 47.9 Å². The molecule has 1 unspecified atom stereocenters. The van der Waals surface area contributed by atoms with Crippen molar-refractivity contribution in [3.8, 4) is 17.2 Å². The van der Waals surface area contributed by atoms with Crippen LogP contribution in [0, 0.1) is 5.92 Å². The molecule has 214 valence electrons. The van der Waals surface area contributed by atoms with Crippen molar-refractivity contribution in [2.45, 2.75) is 40.2 Å². The van der Waals surface area contributed by atoms with Gasteiger partial charge in [-0.05, 0) is 74.2 Å². The molecule has 0 spiro atoms. The highest BCUT2D eigenvalue weighted by atomic mass is 32.1. The van der Waals surface area contributed by atoms with E-state index in [0.29, 0.717) is 59.2 Å². The summed E-state index contributed by atoms with van der Waals surface area (Å²) in [5.41, 5.74) is 1.11.